The van der Waals surface area contributed by atoms with Gasteiger partial charge in [0.1, 0.15) is 6.61 Å². The van der Waals surface area contributed by atoms with Crippen LogP contribution < -0.4 is 0 Å². The summed E-state index contributed by atoms with van der Waals surface area (Å²) in [5, 5.41) is 0. The number of Topliss-reactive ketones (excluding diaryl/α,β-unsaturated/α-hetero) is 1. The van der Waals surface area contributed by atoms with Gasteiger partial charge in [-0.2, -0.15) is 0 Å². The third-order valence-electron chi connectivity index (χ3n) is 1.68. The highest BCUT2D eigenvalue weighted by atomic mass is 32.2. The number of thioether (sulfide) groups is 1. The van der Waals surface area contributed by atoms with Crippen LogP contribution in [0.3, 0.4) is 0 Å². The Bertz CT molecular complexity index is 272. The van der Waals surface area contributed by atoms with E-state index in [0.29, 0.717) is 5.75 Å². The Morgan fingerprint density at radius 2 is 2.07 bits per heavy atom. The monoisotopic (exact) mass is 210 g/mol. The number of carbonyl (C=O) groups excluding carboxylic acids is 1. The Labute approximate surface area is 88.7 Å². The van der Waals surface area contributed by atoms with Crippen molar-refractivity contribution in [3.05, 3.63) is 35.9 Å². The van der Waals surface area contributed by atoms with Gasteiger partial charge < -0.3 is 4.74 Å². The van der Waals surface area contributed by atoms with Crippen LogP contribution >= 0.6 is 11.8 Å². The molecule has 0 aromatic heterocycles. The summed E-state index contributed by atoms with van der Waals surface area (Å²) in [6.45, 7) is 0.224. The quantitative estimate of drug-likeness (QED) is 0.719. The van der Waals surface area contributed by atoms with Gasteiger partial charge in [0.25, 0.3) is 0 Å². The molecule has 0 aliphatic carbocycles. The van der Waals surface area contributed by atoms with E-state index in [1.165, 1.54) is 5.56 Å². The molecule has 0 saturated carbocycles. The van der Waals surface area contributed by atoms with Crippen LogP contribution in [0.4, 0.5) is 0 Å². The molecule has 3 heteroatoms. The van der Waals surface area contributed by atoms with Gasteiger partial charge in [0, 0.05) is 12.9 Å². The van der Waals surface area contributed by atoms with Crippen LogP contribution in [0.2, 0.25) is 0 Å². The third-order valence-corrected chi connectivity index (χ3v) is 2.74. The second-order valence-corrected chi connectivity index (χ2v) is 3.94. The van der Waals surface area contributed by atoms with Crippen LogP contribution in [0.25, 0.3) is 0 Å². The summed E-state index contributed by atoms with van der Waals surface area (Å²) in [7, 11) is 1.54. The zero-order valence-corrected chi connectivity index (χ0v) is 9.05. The van der Waals surface area contributed by atoms with Crippen molar-refractivity contribution in [3.8, 4) is 0 Å². The first kappa shape index (κ1) is 11.3. The molecule has 0 radical (unpaired) electrons. The molecular weight excluding hydrogens is 196 g/mol. The van der Waals surface area contributed by atoms with E-state index in [0.717, 1.165) is 5.75 Å². The van der Waals surface area contributed by atoms with E-state index in [1.807, 2.05) is 18.2 Å². The van der Waals surface area contributed by atoms with E-state index in [2.05, 4.69) is 12.1 Å². The van der Waals surface area contributed by atoms with Crippen molar-refractivity contribution in [3.63, 3.8) is 0 Å². The molecule has 0 fully saturated rings. The maximum absolute atomic E-state index is 11.1. The fourth-order valence-electron chi connectivity index (χ4n) is 1.06. The second-order valence-electron chi connectivity index (χ2n) is 2.95. The molecule has 0 aliphatic heterocycles. The van der Waals surface area contributed by atoms with E-state index in [9.17, 15) is 4.79 Å². The molecule has 76 valence electrons. The lowest BCUT2D eigenvalue weighted by Gasteiger charge is -2.00. The van der Waals surface area contributed by atoms with Crippen LogP contribution in [0.15, 0.2) is 30.3 Å². The molecule has 0 amide bonds. The van der Waals surface area contributed by atoms with Gasteiger partial charge in [0.05, 0.1) is 5.75 Å². The van der Waals surface area contributed by atoms with E-state index in [-0.39, 0.29) is 12.4 Å². The van der Waals surface area contributed by atoms with E-state index in [1.54, 1.807) is 18.9 Å². The number of ether oxygens (including phenoxy) is 1. The zero-order chi connectivity index (χ0) is 10.2. The lowest BCUT2D eigenvalue weighted by atomic mass is 10.2. The largest absolute Gasteiger partial charge is 0.377 e. The highest BCUT2D eigenvalue weighted by Gasteiger charge is 2.00. The lowest BCUT2D eigenvalue weighted by molar-refractivity contribution is -0.120. The first-order chi connectivity index (χ1) is 6.83. The molecular formula is C11H14O2S. The van der Waals surface area contributed by atoms with Gasteiger partial charge in [-0.3, -0.25) is 4.79 Å². The number of hydrogen-bond donors (Lipinski definition) is 0. The van der Waals surface area contributed by atoms with Gasteiger partial charge in [0.2, 0.25) is 0 Å². The molecule has 0 heterocycles. The Morgan fingerprint density at radius 3 is 2.71 bits per heavy atom. The minimum Gasteiger partial charge on any atom is -0.377 e. The average Bonchev–Trinajstić information content (AvgIpc) is 2.20. The summed E-state index contributed by atoms with van der Waals surface area (Å²) in [6, 6.07) is 10.1. The smallest absolute Gasteiger partial charge is 0.168 e. The van der Waals surface area contributed by atoms with Crippen LogP contribution in [0.5, 0.6) is 0 Å². The van der Waals surface area contributed by atoms with Crippen molar-refractivity contribution in [2.45, 2.75) is 5.75 Å². The van der Waals surface area contributed by atoms with Crippen molar-refractivity contribution in [2.75, 3.05) is 19.5 Å². The highest BCUT2D eigenvalue weighted by Crippen LogP contribution is 2.11. The number of rotatable bonds is 6. The summed E-state index contributed by atoms with van der Waals surface area (Å²) in [4.78, 5) is 11.1. The summed E-state index contributed by atoms with van der Waals surface area (Å²) in [5.74, 6) is 1.56. The van der Waals surface area contributed by atoms with Gasteiger partial charge in [-0.1, -0.05) is 30.3 Å². The van der Waals surface area contributed by atoms with Gasteiger partial charge >= 0.3 is 0 Å². The van der Waals surface area contributed by atoms with E-state index >= 15 is 0 Å². The molecule has 0 aliphatic rings. The van der Waals surface area contributed by atoms with E-state index in [4.69, 9.17) is 4.74 Å². The van der Waals surface area contributed by atoms with Crippen LogP contribution in [-0.4, -0.2) is 25.3 Å². The first-order valence-electron chi connectivity index (χ1n) is 4.45. The van der Waals surface area contributed by atoms with Crippen LogP contribution in [-0.2, 0) is 15.3 Å². The summed E-state index contributed by atoms with van der Waals surface area (Å²) < 4.78 is 4.74. The fourth-order valence-corrected chi connectivity index (χ4v) is 1.90. The molecule has 2 nitrogen and oxygen atoms in total. The van der Waals surface area contributed by atoms with Crippen LogP contribution in [0, 0.1) is 0 Å². The highest BCUT2D eigenvalue weighted by molar-refractivity contribution is 7.99. The molecule has 0 N–H and O–H groups in total. The minimum atomic E-state index is 0.147. The number of methoxy groups -OCH3 is 1. The molecule has 0 bridgehead atoms. The number of carbonyl (C=O) groups is 1. The average molecular weight is 210 g/mol. The predicted molar refractivity (Wildman–Crippen MR) is 59.5 cm³/mol. The Morgan fingerprint density at radius 1 is 1.36 bits per heavy atom. The molecule has 1 aromatic carbocycles. The predicted octanol–water partition coefficient (Wildman–Crippen LogP) is 2.14. The maximum Gasteiger partial charge on any atom is 0.168 e. The molecule has 0 unspecified atom stereocenters. The number of ketones is 1. The van der Waals surface area contributed by atoms with E-state index < -0.39 is 0 Å². The molecule has 1 rings (SSSR count). The van der Waals surface area contributed by atoms with Gasteiger partial charge in [-0.25, -0.2) is 0 Å². The second kappa shape index (κ2) is 6.62. The maximum atomic E-state index is 11.1. The molecule has 0 spiro atoms. The lowest BCUT2D eigenvalue weighted by Crippen LogP contribution is -2.09. The Hall–Kier alpha value is -0.800. The fraction of sp³-hybridized carbons (Fsp3) is 0.364. The summed E-state index contributed by atoms with van der Waals surface area (Å²) in [5.41, 5.74) is 1.25. The van der Waals surface area contributed by atoms with Crippen molar-refractivity contribution >= 4 is 17.5 Å². The number of hydrogen-bond acceptors (Lipinski definition) is 3. The SMILES string of the molecule is COCC(=O)CSCc1ccccc1. The van der Waals surface area contributed by atoms with Gasteiger partial charge in [-0.05, 0) is 5.56 Å². The molecule has 0 saturated heterocycles. The standard InChI is InChI=1S/C11H14O2S/c1-13-7-11(12)9-14-8-10-5-3-2-4-6-10/h2-6H,7-9H2,1H3. The van der Waals surface area contributed by atoms with Crippen molar-refractivity contribution < 1.29 is 9.53 Å². The van der Waals surface area contributed by atoms with Gasteiger partial charge in [-0.15, -0.1) is 11.8 Å². The van der Waals surface area contributed by atoms with Crippen molar-refractivity contribution in [1.82, 2.24) is 0 Å². The number of benzene rings is 1. The van der Waals surface area contributed by atoms with Crippen molar-refractivity contribution in [2.24, 2.45) is 0 Å². The Balaban J connectivity index is 2.19. The zero-order valence-electron chi connectivity index (χ0n) is 8.23. The minimum absolute atomic E-state index is 0.147. The molecule has 0 atom stereocenters. The summed E-state index contributed by atoms with van der Waals surface area (Å²) in [6.07, 6.45) is 0. The Kier molecular flexibility index (Phi) is 5.33. The first-order valence-corrected chi connectivity index (χ1v) is 5.60. The molecule has 1 aromatic rings. The van der Waals surface area contributed by atoms with Crippen LogP contribution in [0.1, 0.15) is 5.56 Å². The normalized spacial score (nSPS) is 10.1. The summed E-state index contributed by atoms with van der Waals surface area (Å²) >= 11 is 1.62. The van der Waals surface area contributed by atoms with Crippen molar-refractivity contribution in [1.29, 1.82) is 0 Å². The topological polar surface area (TPSA) is 26.3 Å². The third kappa shape index (κ3) is 4.44. The van der Waals surface area contributed by atoms with Gasteiger partial charge in [0.15, 0.2) is 5.78 Å². The molecule has 14 heavy (non-hydrogen) atoms.